The second-order valence-corrected chi connectivity index (χ2v) is 11.1. The van der Waals surface area contributed by atoms with Gasteiger partial charge in [0.05, 0.1) is 16.6 Å². The highest BCUT2D eigenvalue weighted by Crippen LogP contribution is 2.30. The van der Waals surface area contributed by atoms with Gasteiger partial charge in [-0.25, -0.2) is 4.98 Å². The minimum Gasteiger partial charge on any atom is -0.398 e. The number of rotatable bonds is 6. The Morgan fingerprint density at radius 2 is 1.14 bits per heavy atom. The number of nitrogen functional groups attached to an aromatic ring is 2. The predicted molar refractivity (Wildman–Crippen MR) is 174 cm³/mol. The molecule has 0 saturated carbocycles. The number of para-hydroxylation sites is 1. The highest BCUT2D eigenvalue weighted by molar-refractivity contribution is 7.99. The maximum atomic E-state index is 6.29. The maximum Gasteiger partial charge on any atom is 0.233 e. The van der Waals surface area contributed by atoms with E-state index in [1.54, 1.807) is 0 Å². The zero-order valence-electron chi connectivity index (χ0n) is 23.3. The van der Waals surface area contributed by atoms with Crippen molar-refractivity contribution in [3.8, 4) is 0 Å². The van der Waals surface area contributed by atoms with Gasteiger partial charge in [0, 0.05) is 50.3 Å². The molecule has 0 radical (unpaired) electrons. The molecule has 0 atom stereocenters. The first-order valence-corrected chi connectivity index (χ1v) is 14.4. The Morgan fingerprint density at radius 1 is 0.558 bits per heavy atom. The van der Waals surface area contributed by atoms with Crippen LogP contribution in [0.5, 0.6) is 0 Å². The molecule has 7 aromatic rings. The van der Waals surface area contributed by atoms with Gasteiger partial charge in [-0.05, 0) is 86.3 Å². The van der Waals surface area contributed by atoms with Crippen LogP contribution in [0.2, 0.25) is 0 Å². The number of hydrogen-bond acceptors (Lipinski definition) is 11. The number of fused-ring (bicyclic) bond motifs is 3. The summed E-state index contributed by atoms with van der Waals surface area (Å²) >= 11 is 1.35. The lowest BCUT2D eigenvalue weighted by atomic mass is 10.1. The molecule has 0 aliphatic carbocycles. The van der Waals surface area contributed by atoms with Crippen molar-refractivity contribution in [3.63, 3.8) is 0 Å². The van der Waals surface area contributed by atoms with Gasteiger partial charge in [0.15, 0.2) is 0 Å². The topological polar surface area (TPSA) is 153 Å². The Hall–Kier alpha value is -5.55. The van der Waals surface area contributed by atoms with Crippen molar-refractivity contribution < 1.29 is 0 Å². The van der Waals surface area contributed by atoms with E-state index in [2.05, 4.69) is 25.6 Å². The fourth-order valence-electron chi connectivity index (χ4n) is 4.91. The lowest BCUT2D eigenvalue weighted by Gasteiger charge is -2.12. The summed E-state index contributed by atoms with van der Waals surface area (Å²) in [7, 11) is 0. The van der Waals surface area contributed by atoms with Crippen LogP contribution in [-0.4, -0.2) is 29.9 Å². The standard InChI is InChI=1S/C32H26N10S/c1-17-13-24(33)22-15-20(8-10-27(22)35-17)37-30-40-31(38-21-9-11-28-23(16-21)25(34)14-18(2)36-28)42-32(41-30)43-29-12-7-19-5-3-4-6-26(19)39-29/h3-16H,1-2H3,(H2,33,35)(H2,34,36)(H2,37,38,40,41,42). The van der Waals surface area contributed by atoms with Crippen LogP contribution in [0.25, 0.3) is 32.7 Å². The number of pyridine rings is 3. The molecular weight excluding hydrogens is 556 g/mol. The van der Waals surface area contributed by atoms with E-state index in [0.29, 0.717) is 28.4 Å². The molecule has 0 fully saturated rings. The number of nitrogens with zero attached hydrogens (tertiary/aromatic N) is 6. The maximum absolute atomic E-state index is 6.29. The van der Waals surface area contributed by atoms with E-state index in [-0.39, 0.29) is 0 Å². The minimum atomic E-state index is 0.358. The number of aromatic nitrogens is 6. The molecule has 10 nitrogen and oxygen atoms in total. The van der Waals surface area contributed by atoms with Crippen molar-refractivity contribution in [3.05, 3.63) is 96.3 Å². The summed E-state index contributed by atoms with van der Waals surface area (Å²) in [5.74, 6) is 0.716. The van der Waals surface area contributed by atoms with E-state index in [1.165, 1.54) is 11.8 Å². The van der Waals surface area contributed by atoms with Crippen LogP contribution < -0.4 is 22.1 Å². The third-order valence-corrected chi connectivity index (χ3v) is 7.64. The quantitative estimate of drug-likeness (QED) is 0.161. The van der Waals surface area contributed by atoms with Gasteiger partial charge < -0.3 is 22.1 Å². The van der Waals surface area contributed by atoms with E-state index >= 15 is 0 Å². The van der Waals surface area contributed by atoms with E-state index in [0.717, 1.165) is 60.5 Å². The van der Waals surface area contributed by atoms with Gasteiger partial charge >= 0.3 is 0 Å². The smallest absolute Gasteiger partial charge is 0.233 e. The first kappa shape index (κ1) is 26.4. The van der Waals surface area contributed by atoms with Gasteiger partial charge in [0.25, 0.3) is 0 Å². The number of aryl methyl sites for hydroxylation is 2. The van der Waals surface area contributed by atoms with Gasteiger partial charge in [0.1, 0.15) is 5.03 Å². The van der Waals surface area contributed by atoms with Gasteiger partial charge in [-0.15, -0.1) is 0 Å². The van der Waals surface area contributed by atoms with Crippen LogP contribution in [-0.2, 0) is 0 Å². The third kappa shape index (κ3) is 5.53. The van der Waals surface area contributed by atoms with Crippen molar-refractivity contribution in [2.24, 2.45) is 0 Å². The van der Waals surface area contributed by atoms with E-state index < -0.39 is 0 Å². The molecule has 6 N–H and O–H groups in total. The molecule has 0 unspecified atom stereocenters. The van der Waals surface area contributed by atoms with E-state index in [9.17, 15) is 0 Å². The van der Waals surface area contributed by atoms with E-state index in [1.807, 2.05) is 98.8 Å². The van der Waals surface area contributed by atoms with Gasteiger partial charge in [-0.1, -0.05) is 24.3 Å². The molecule has 3 aromatic carbocycles. The minimum absolute atomic E-state index is 0.358. The average Bonchev–Trinajstić information content (AvgIpc) is 2.97. The predicted octanol–water partition coefficient (Wildman–Crippen LogP) is 6.94. The Balaban J connectivity index is 1.26. The number of hydrogen-bond donors (Lipinski definition) is 4. The molecule has 0 bridgehead atoms. The average molecular weight is 583 g/mol. The summed E-state index contributed by atoms with van der Waals surface area (Å²) in [6.07, 6.45) is 0. The van der Waals surface area contributed by atoms with Gasteiger partial charge in [-0.3, -0.25) is 9.97 Å². The zero-order chi connectivity index (χ0) is 29.5. The molecular formula is C32H26N10S. The normalized spacial score (nSPS) is 11.3. The van der Waals surface area contributed by atoms with Crippen LogP contribution in [0, 0.1) is 13.8 Å². The molecule has 11 heteroatoms. The molecule has 0 amide bonds. The molecule has 0 aliphatic rings. The largest absolute Gasteiger partial charge is 0.398 e. The summed E-state index contributed by atoms with van der Waals surface area (Å²) in [4.78, 5) is 28.0. The summed E-state index contributed by atoms with van der Waals surface area (Å²) in [5, 5.41) is 10.6. The van der Waals surface area contributed by atoms with Crippen molar-refractivity contribution >= 4 is 79.1 Å². The Kier molecular flexibility index (Phi) is 6.55. The highest BCUT2D eigenvalue weighted by atomic mass is 32.2. The van der Waals surface area contributed by atoms with Crippen LogP contribution in [0.4, 0.5) is 34.6 Å². The SMILES string of the molecule is Cc1cc(N)c2cc(Nc3nc(Nc4ccc5nc(C)cc(N)c5c4)nc(Sc4ccc5ccccc5n4)n3)ccc2n1. The van der Waals surface area contributed by atoms with Crippen molar-refractivity contribution in [1.82, 2.24) is 29.9 Å². The fourth-order valence-corrected chi connectivity index (χ4v) is 5.64. The summed E-state index contributed by atoms with van der Waals surface area (Å²) in [6, 6.07) is 27.2. The molecule has 0 spiro atoms. The number of nitrogens with two attached hydrogens (primary N) is 2. The van der Waals surface area contributed by atoms with Crippen LogP contribution in [0.1, 0.15) is 11.4 Å². The van der Waals surface area contributed by atoms with Gasteiger partial charge in [0.2, 0.25) is 17.1 Å². The first-order chi connectivity index (χ1) is 20.9. The van der Waals surface area contributed by atoms with Gasteiger partial charge in [-0.2, -0.15) is 15.0 Å². The highest BCUT2D eigenvalue weighted by Gasteiger charge is 2.13. The Labute approximate surface area is 251 Å². The van der Waals surface area contributed by atoms with Crippen LogP contribution in [0.3, 0.4) is 0 Å². The van der Waals surface area contributed by atoms with Crippen LogP contribution in [0.15, 0.2) is 95.1 Å². The first-order valence-electron chi connectivity index (χ1n) is 13.5. The Morgan fingerprint density at radius 3 is 1.74 bits per heavy atom. The molecule has 4 aromatic heterocycles. The molecule has 43 heavy (non-hydrogen) atoms. The summed E-state index contributed by atoms with van der Waals surface area (Å²) in [6.45, 7) is 3.85. The molecule has 7 rings (SSSR count). The van der Waals surface area contributed by atoms with Crippen molar-refractivity contribution in [2.75, 3.05) is 22.1 Å². The monoisotopic (exact) mass is 582 g/mol. The second-order valence-electron chi connectivity index (χ2n) is 10.1. The van der Waals surface area contributed by atoms with Crippen molar-refractivity contribution in [1.29, 1.82) is 0 Å². The number of anilines is 6. The van der Waals surface area contributed by atoms with Crippen LogP contribution >= 0.6 is 11.8 Å². The summed E-state index contributed by atoms with van der Waals surface area (Å²) < 4.78 is 0. The number of benzene rings is 3. The third-order valence-electron chi connectivity index (χ3n) is 6.83. The lowest BCUT2D eigenvalue weighted by molar-refractivity contribution is 0.917. The van der Waals surface area contributed by atoms with E-state index in [4.69, 9.17) is 26.4 Å². The summed E-state index contributed by atoms with van der Waals surface area (Å²) in [5.41, 5.74) is 19.7. The number of nitrogens with one attached hydrogen (secondary N) is 2. The second kappa shape index (κ2) is 10.7. The Bertz CT molecular complexity index is 2070. The molecule has 0 aliphatic heterocycles. The molecule has 210 valence electrons. The lowest BCUT2D eigenvalue weighted by Crippen LogP contribution is -2.05. The van der Waals surface area contributed by atoms with Crippen molar-refractivity contribution in [2.45, 2.75) is 24.0 Å². The fraction of sp³-hybridized carbons (Fsp3) is 0.0625. The molecule has 0 saturated heterocycles. The molecule has 4 heterocycles. The zero-order valence-corrected chi connectivity index (χ0v) is 24.1.